The Balaban J connectivity index is 2.92. The molecule has 0 aromatic heterocycles. The van der Waals surface area contributed by atoms with Gasteiger partial charge in [0.05, 0.1) is 4.92 Å². The average molecular weight is 301 g/mol. The summed E-state index contributed by atoms with van der Waals surface area (Å²) < 4.78 is 0.740. The average Bonchev–Trinajstić information content (AvgIpc) is 2.30. The molecule has 4 nitrogen and oxygen atoms in total. The molecule has 1 aromatic carbocycles. The van der Waals surface area contributed by atoms with Crippen LogP contribution in [0.3, 0.4) is 0 Å². The van der Waals surface area contributed by atoms with E-state index >= 15 is 0 Å². The second kappa shape index (κ2) is 6.71. The minimum atomic E-state index is -0.321. The van der Waals surface area contributed by atoms with Gasteiger partial charge in [0, 0.05) is 22.1 Å². The summed E-state index contributed by atoms with van der Waals surface area (Å²) in [5.74, 6) is 0. The molecule has 1 aromatic rings. The van der Waals surface area contributed by atoms with Crippen molar-refractivity contribution in [2.75, 3.05) is 7.05 Å². The molecule has 1 rings (SSSR count). The third-order valence-electron chi connectivity index (χ3n) is 2.76. The van der Waals surface area contributed by atoms with Crippen LogP contribution >= 0.6 is 15.9 Å². The van der Waals surface area contributed by atoms with Crippen molar-refractivity contribution in [3.63, 3.8) is 0 Å². The zero-order chi connectivity index (χ0) is 12.8. The molecule has 94 valence electrons. The molecule has 17 heavy (non-hydrogen) atoms. The summed E-state index contributed by atoms with van der Waals surface area (Å²) >= 11 is 3.26. The van der Waals surface area contributed by atoms with Crippen molar-refractivity contribution < 1.29 is 4.92 Å². The molecule has 0 amide bonds. The van der Waals surface area contributed by atoms with Gasteiger partial charge in [0.1, 0.15) is 0 Å². The zero-order valence-corrected chi connectivity index (χ0v) is 11.7. The maximum Gasteiger partial charge on any atom is 0.273 e. The number of rotatable bonds is 6. The third kappa shape index (κ3) is 4.09. The van der Waals surface area contributed by atoms with Crippen molar-refractivity contribution in [2.45, 2.75) is 32.2 Å². The molecule has 0 spiro atoms. The Hall–Kier alpha value is -0.940. The Morgan fingerprint density at radius 2 is 2.24 bits per heavy atom. The summed E-state index contributed by atoms with van der Waals surface area (Å²) in [6.45, 7) is 2.11. The maximum absolute atomic E-state index is 11.0. The minimum absolute atomic E-state index is 0.190. The van der Waals surface area contributed by atoms with Gasteiger partial charge in [-0.25, -0.2) is 0 Å². The van der Waals surface area contributed by atoms with Gasteiger partial charge < -0.3 is 5.32 Å². The first-order chi connectivity index (χ1) is 8.08. The van der Waals surface area contributed by atoms with Crippen LogP contribution < -0.4 is 5.32 Å². The summed E-state index contributed by atoms with van der Waals surface area (Å²) in [7, 11) is 1.89. The summed E-state index contributed by atoms with van der Waals surface area (Å²) in [5.41, 5.74) is 0.974. The predicted octanol–water partition coefficient (Wildman–Crippen LogP) is 3.29. The van der Waals surface area contributed by atoms with E-state index in [0.717, 1.165) is 22.9 Å². The van der Waals surface area contributed by atoms with E-state index in [1.54, 1.807) is 6.07 Å². The topological polar surface area (TPSA) is 55.2 Å². The zero-order valence-electron chi connectivity index (χ0n) is 10.1. The molecule has 5 heteroatoms. The fourth-order valence-electron chi connectivity index (χ4n) is 1.84. The molecule has 0 saturated carbocycles. The summed E-state index contributed by atoms with van der Waals surface area (Å²) in [6, 6.07) is 5.52. The Kier molecular flexibility index (Phi) is 5.58. The smallest absolute Gasteiger partial charge is 0.273 e. The van der Waals surface area contributed by atoms with Gasteiger partial charge >= 0.3 is 0 Å². The van der Waals surface area contributed by atoms with Crippen molar-refractivity contribution in [1.82, 2.24) is 5.32 Å². The molecule has 0 aliphatic carbocycles. The van der Waals surface area contributed by atoms with Crippen molar-refractivity contribution in [1.29, 1.82) is 0 Å². The fraction of sp³-hybridized carbons (Fsp3) is 0.500. The van der Waals surface area contributed by atoms with E-state index in [0.29, 0.717) is 12.5 Å². The molecular weight excluding hydrogens is 284 g/mol. The van der Waals surface area contributed by atoms with Crippen LogP contribution in [0, 0.1) is 10.1 Å². The van der Waals surface area contributed by atoms with Crippen molar-refractivity contribution in [3.8, 4) is 0 Å². The van der Waals surface area contributed by atoms with E-state index in [1.165, 1.54) is 0 Å². The monoisotopic (exact) mass is 300 g/mol. The number of benzene rings is 1. The normalized spacial score (nSPS) is 12.4. The van der Waals surface area contributed by atoms with Crippen LogP contribution in [0.2, 0.25) is 0 Å². The molecule has 1 N–H and O–H groups in total. The predicted molar refractivity (Wildman–Crippen MR) is 72.3 cm³/mol. The quantitative estimate of drug-likeness (QED) is 0.648. The molecule has 1 atom stereocenters. The number of halogens is 1. The highest BCUT2D eigenvalue weighted by Gasteiger charge is 2.17. The van der Waals surface area contributed by atoms with E-state index < -0.39 is 0 Å². The van der Waals surface area contributed by atoms with Crippen molar-refractivity contribution in [3.05, 3.63) is 38.3 Å². The fourth-order valence-corrected chi connectivity index (χ4v) is 2.19. The van der Waals surface area contributed by atoms with Crippen LogP contribution in [0.15, 0.2) is 22.7 Å². The minimum Gasteiger partial charge on any atom is -0.317 e. The number of hydrogen-bond donors (Lipinski definition) is 1. The lowest BCUT2D eigenvalue weighted by atomic mass is 10.0. The van der Waals surface area contributed by atoms with Gasteiger partial charge in [0.15, 0.2) is 0 Å². The van der Waals surface area contributed by atoms with Gasteiger partial charge in [0.2, 0.25) is 0 Å². The number of nitro groups is 1. The number of nitrogens with zero attached hydrogens (tertiary/aromatic N) is 1. The Morgan fingerprint density at radius 3 is 2.76 bits per heavy atom. The molecule has 0 radical (unpaired) electrons. The largest absolute Gasteiger partial charge is 0.317 e. The van der Waals surface area contributed by atoms with Crippen LogP contribution in [0.4, 0.5) is 5.69 Å². The standard InChI is InChI=1S/C12H17BrN2O2/c1-3-4-11(14-2)7-9-5-6-10(13)8-12(9)15(16)17/h5-6,8,11,14H,3-4,7H2,1-2H3. The van der Waals surface area contributed by atoms with Crippen LogP contribution in [0.25, 0.3) is 0 Å². The molecule has 0 aliphatic heterocycles. The lowest BCUT2D eigenvalue weighted by Crippen LogP contribution is -2.27. The molecule has 1 unspecified atom stereocenters. The van der Waals surface area contributed by atoms with Gasteiger partial charge in [-0.1, -0.05) is 35.3 Å². The SMILES string of the molecule is CCCC(Cc1ccc(Br)cc1[N+](=O)[O-])NC. The molecule has 0 bridgehead atoms. The number of nitro benzene ring substituents is 1. The van der Waals surface area contributed by atoms with E-state index in [4.69, 9.17) is 0 Å². The number of nitrogens with one attached hydrogen (secondary N) is 1. The number of likely N-dealkylation sites (N-methyl/N-ethyl adjacent to an activating group) is 1. The van der Waals surface area contributed by atoms with Crippen molar-refractivity contribution in [2.24, 2.45) is 0 Å². The third-order valence-corrected chi connectivity index (χ3v) is 3.25. The Morgan fingerprint density at radius 1 is 1.53 bits per heavy atom. The molecule has 0 fully saturated rings. The van der Waals surface area contributed by atoms with Gasteiger partial charge in [-0.05, 0) is 26.0 Å². The van der Waals surface area contributed by atoms with E-state index in [2.05, 4.69) is 28.2 Å². The lowest BCUT2D eigenvalue weighted by molar-refractivity contribution is -0.385. The first kappa shape index (κ1) is 14.1. The second-order valence-electron chi connectivity index (χ2n) is 4.01. The Labute approximate surface area is 110 Å². The molecule has 0 saturated heterocycles. The second-order valence-corrected chi connectivity index (χ2v) is 4.92. The summed E-state index contributed by atoms with van der Waals surface area (Å²) in [6.07, 6.45) is 2.77. The van der Waals surface area contributed by atoms with Crippen LogP contribution in [0.1, 0.15) is 25.3 Å². The molecule has 0 aliphatic rings. The highest BCUT2D eigenvalue weighted by Crippen LogP contribution is 2.25. The van der Waals surface area contributed by atoms with Gasteiger partial charge in [-0.2, -0.15) is 0 Å². The number of hydrogen-bond acceptors (Lipinski definition) is 3. The van der Waals surface area contributed by atoms with Gasteiger partial charge in [-0.3, -0.25) is 10.1 Å². The van der Waals surface area contributed by atoms with Crippen LogP contribution in [-0.4, -0.2) is 18.0 Å². The van der Waals surface area contributed by atoms with Crippen LogP contribution in [0.5, 0.6) is 0 Å². The van der Waals surface area contributed by atoms with Crippen LogP contribution in [-0.2, 0) is 6.42 Å². The lowest BCUT2D eigenvalue weighted by Gasteiger charge is -2.15. The maximum atomic E-state index is 11.0. The summed E-state index contributed by atoms with van der Waals surface area (Å²) in [5, 5.41) is 14.2. The highest BCUT2D eigenvalue weighted by molar-refractivity contribution is 9.10. The van der Waals surface area contributed by atoms with E-state index in [1.807, 2.05) is 19.2 Å². The van der Waals surface area contributed by atoms with Gasteiger partial charge in [-0.15, -0.1) is 0 Å². The first-order valence-electron chi connectivity index (χ1n) is 5.68. The first-order valence-corrected chi connectivity index (χ1v) is 6.47. The van der Waals surface area contributed by atoms with E-state index in [-0.39, 0.29) is 10.6 Å². The molecular formula is C12H17BrN2O2. The molecule has 0 heterocycles. The van der Waals surface area contributed by atoms with Gasteiger partial charge in [0.25, 0.3) is 5.69 Å². The van der Waals surface area contributed by atoms with E-state index in [9.17, 15) is 10.1 Å². The summed E-state index contributed by atoms with van der Waals surface area (Å²) in [4.78, 5) is 10.6. The highest BCUT2D eigenvalue weighted by atomic mass is 79.9. The van der Waals surface area contributed by atoms with Crippen molar-refractivity contribution >= 4 is 21.6 Å². The Bertz CT molecular complexity index is 396.